The van der Waals surface area contributed by atoms with E-state index in [1.165, 1.54) is 10.8 Å². The Kier molecular flexibility index (Phi) is 3.84. The maximum atomic E-state index is 12.2. The number of imidazole rings is 1. The Hall–Kier alpha value is -0.910. The Morgan fingerprint density at radius 3 is 2.60 bits per heavy atom. The van der Waals surface area contributed by atoms with Gasteiger partial charge in [-0.1, -0.05) is 0 Å². The van der Waals surface area contributed by atoms with E-state index in [0.29, 0.717) is 0 Å². The normalized spacial score (nSPS) is 11.8. The van der Waals surface area contributed by atoms with Crippen molar-refractivity contribution in [1.82, 2.24) is 9.55 Å². The number of alkyl halides is 4. The Morgan fingerprint density at radius 2 is 2.20 bits per heavy atom. The van der Waals surface area contributed by atoms with E-state index in [1.807, 2.05) is 0 Å². The lowest BCUT2D eigenvalue weighted by Crippen LogP contribution is -2.37. The van der Waals surface area contributed by atoms with Crippen molar-refractivity contribution in [3.63, 3.8) is 0 Å². The second kappa shape index (κ2) is 4.74. The van der Waals surface area contributed by atoms with Gasteiger partial charge in [-0.25, -0.2) is 4.98 Å². The van der Waals surface area contributed by atoms with Crippen LogP contribution in [0, 0.1) is 0 Å². The molecule has 0 aliphatic carbocycles. The van der Waals surface area contributed by atoms with Gasteiger partial charge >= 0.3 is 6.18 Å². The first-order valence-electron chi connectivity index (χ1n) is 4.29. The van der Waals surface area contributed by atoms with Crippen molar-refractivity contribution in [2.75, 3.05) is 23.9 Å². The Bertz CT molecular complexity index is 310. The standard InChI is InChI=1S/C8H11ClF3N3/c1-14-5-3-13-7(14)15(4-2-9)6-8(10,11)12/h3,5H,2,4,6H2,1H3. The van der Waals surface area contributed by atoms with Gasteiger partial charge < -0.3 is 9.47 Å². The fraction of sp³-hybridized carbons (Fsp3) is 0.625. The summed E-state index contributed by atoms with van der Waals surface area (Å²) >= 11 is 5.45. The van der Waals surface area contributed by atoms with Crippen LogP contribution in [0.3, 0.4) is 0 Å². The number of hydrogen-bond donors (Lipinski definition) is 0. The van der Waals surface area contributed by atoms with Crippen LogP contribution in [0.25, 0.3) is 0 Å². The minimum atomic E-state index is -4.25. The molecule has 0 atom stereocenters. The maximum absolute atomic E-state index is 12.2. The molecule has 0 aromatic carbocycles. The molecule has 0 unspecified atom stereocenters. The summed E-state index contributed by atoms with van der Waals surface area (Å²) in [7, 11) is 1.64. The summed E-state index contributed by atoms with van der Waals surface area (Å²) in [6, 6.07) is 0. The first kappa shape index (κ1) is 12.2. The maximum Gasteiger partial charge on any atom is 0.406 e. The molecule has 15 heavy (non-hydrogen) atoms. The van der Waals surface area contributed by atoms with Crippen LogP contribution in [0.5, 0.6) is 0 Å². The Morgan fingerprint density at radius 1 is 1.53 bits per heavy atom. The Labute approximate surface area is 90.5 Å². The highest BCUT2D eigenvalue weighted by atomic mass is 35.5. The van der Waals surface area contributed by atoms with Gasteiger partial charge in [0.15, 0.2) is 0 Å². The summed E-state index contributed by atoms with van der Waals surface area (Å²) in [5.74, 6) is 0.399. The topological polar surface area (TPSA) is 21.1 Å². The lowest BCUT2D eigenvalue weighted by molar-refractivity contribution is -0.119. The third kappa shape index (κ3) is 3.62. The molecule has 0 aliphatic rings. The molecule has 3 nitrogen and oxygen atoms in total. The van der Waals surface area contributed by atoms with Crippen molar-refractivity contribution in [1.29, 1.82) is 0 Å². The van der Waals surface area contributed by atoms with Crippen molar-refractivity contribution in [2.45, 2.75) is 6.18 Å². The molecule has 1 aromatic heterocycles. The number of hydrogen-bond acceptors (Lipinski definition) is 2. The zero-order valence-electron chi connectivity index (χ0n) is 8.13. The molecule has 0 radical (unpaired) electrons. The summed E-state index contributed by atoms with van der Waals surface area (Å²) in [4.78, 5) is 4.95. The smallest absolute Gasteiger partial charge is 0.332 e. The van der Waals surface area contributed by atoms with Crippen molar-refractivity contribution in [2.24, 2.45) is 7.05 Å². The first-order valence-corrected chi connectivity index (χ1v) is 4.82. The lowest BCUT2D eigenvalue weighted by atomic mass is 10.5. The van der Waals surface area contributed by atoms with E-state index < -0.39 is 12.7 Å². The molecule has 0 saturated carbocycles. The number of aryl methyl sites for hydroxylation is 1. The summed E-state index contributed by atoms with van der Waals surface area (Å²) in [6.45, 7) is -0.920. The largest absolute Gasteiger partial charge is 0.406 e. The summed E-state index contributed by atoms with van der Waals surface area (Å²) in [6.07, 6.45) is -1.21. The predicted octanol–water partition coefficient (Wildman–Crippen LogP) is 2.03. The molecule has 0 N–H and O–H groups in total. The molecule has 0 amide bonds. The van der Waals surface area contributed by atoms with E-state index in [4.69, 9.17) is 11.6 Å². The number of halogens is 4. The van der Waals surface area contributed by atoms with Crippen molar-refractivity contribution >= 4 is 17.5 Å². The molecular weight excluding hydrogens is 231 g/mol. The van der Waals surface area contributed by atoms with E-state index in [0.717, 1.165) is 4.90 Å². The molecule has 0 fully saturated rings. The van der Waals surface area contributed by atoms with Crippen LogP contribution in [0.1, 0.15) is 0 Å². The van der Waals surface area contributed by atoms with E-state index in [1.54, 1.807) is 13.2 Å². The highest BCUT2D eigenvalue weighted by molar-refractivity contribution is 6.18. The van der Waals surface area contributed by atoms with Crippen molar-refractivity contribution < 1.29 is 13.2 Å². The van der Waals surface area contributed by atoms with E-state index >= 15 is 0 Å². The zero-order valence-corrected chi connectivity index (χ0v) is 8.89. The summed E-state index contributed by atoms with van der Waals surface area (Å²) in [5, 5.41) is 0. The molecule has 86 valence electrons. The average molecular weight is 242 g/mol. The van der Waals surface area contributed by atoms with Gasteiger partial charge in [-0.05, 0) is 0 Å². The number of nitrogens with zero attached hydrogens (tertiary/aromatic N) is 3. The second-order valence-electron chi connectivity index (χ2n) is 3.06. The fourth-order valence-electron chi connectivity index (χ4n) is 1.23. The van der Waals surface area contributed by atoms with E-state index in [2.05, 4.69) is 4.98 Å². The van der Waals surface area contributed by atoms with Gasteiger partial charge in [-0.2, -0.15) is 13.2 Å². The van der Waals surface area contributed by atoms with Crippen LogP contribution in [0.4, 0.5) is 19.1 Å². The SMILES string of the molecule is Cn1ccnc1N(CCCl)CC(F)(F)F. The quantitative estimate of drug-likeness (QED) is 0.752. The van der Waals surface area contributed by atoms with Gasteiger partial charge in [-0.15, -0.1) is 11.6 Å². The number of rotatable bonds is 4. The molecule has 0 bridgehead atoms. The first-order chi connectivity index (χ1) is 6.94. The highest BCUT2D eigenvalue weighted by Crippen LogP contribution is 2.20. The van der Waals surface area contributed by atoms with Crippen LogP contribution >= 0.6 is 11.6 Å². The third-order valence-corrected chi connectivity index (χ3v) is 1.97. The number of anilines is 1. The Balaban J connectivity index is 2.79. The average Bonchev–Trinajstić information content (AvgIpc) is 2.48. The van der Waals surface area contributed by atoms with Crippen molar-refractivity contribution in [3.05, 3.63) is 12.4 Å². The van der Waals surface area contributed by atoms with Crippen LogP contribution in [0.15, 0.2) is 12.4 Å². The molecule has 0 saturated heterocycles. The van der Waals surface area contributed by atoms with Gasteiger partial charge in [0.05, 0.1) is 0 Å². The van der Waals surface area contributed by atoms with Crippen LogP contribution in [-0.2, 0) is 7.05 Å². The second-order valence-corrected chi connectivity index (χ2v) is 3.44. The van der Waals surface area contributed by atoms with Crippen molar-refractivity contribution in [3.8, 4) is 0 Å². The highest BCUT2D eigenvalue weighted by Gasteiger charge is 2.31. The van der Waals surface area contributed by atoms with Crippen LogP contribution in [-0.4, -0.2) is 34.7 Å². The molecule has 7 heteroatoms. The minimum absolute atomic E-state index is 0.117. The zero-order chi connectivity index (χ0) is 11.5. The predicted molar refractivity (Wildman–Crippen MR) is 52.2 cm³/mol. The van der Waals surface area contributed by atoms with E-state index in [-0.39, 0.29) is 18.4 Å². The van der Waals surface area contributed by atoms with E-state index in [9.17, 15) is 13.2 Å². The van der Waals surface area contributed by atoms with Gasteiger partial charge in [-0.3, -0.25) is 0 Å². The van der Waals surface area contributed by atoms with Gasteiger partial charge in [0.1, 0.15) is 6.54 Å². The molecule has 0 aliphatic heterocycles. The molecule has 1 rings (SSSR count). The van der Waals surface area contributed by atoms with Gasteiger partial charge in [0.25, 0.3) is 0 Å². The summed E-state index contributed by atoms with van der Waals surface area (Å²) in [5.41, 5.74) is 0. The number of aromatic nitrogens is 2. The molecule has 1 aromatic rings. The summed E-state index contributed by atoms with van der Waals surface area (Å²) < 4.78 is 38.2. The molecule has 0 spiro atoms. The third-order valence-electron chi connectivity index (χ3n) is 1.80. The van der Waals surface area contributed by atoms with Gasteiger partial charge in [0, 0.05) is 31.9 Å². The van der Waals surface area contributed by atoms with Crippen LogP contribution < -0.4 is 4.90 Å². The fourth-order valence-corrected chi connectivity index (χ4v) is 1.43. The molecular formula is C8H11ClF3N3. The van der Waals surface area contributed by atoms with Gasteiger partial charge in [0.2, 0.25) is 5.95 Å². The minimum Gasteiger partial charge on any atom is -0.332 e. The van der Waals surface area contributed by atoms with Crippen LogP contribution in [0.2, 0.25) is 0 Å². The lowest BCUT2D eigenvalue weighted by Gasteiger charge is -2.23. The monoisotopic (exact) mass is 241 g/mol. The molecule has 1 heterocycles.